The van der Waals surface area contributed by atoms with Gasteiger partial charge in [0.15, 0.2) is 0 Å². The Morgan fingerprint density at radius 2 is 1.47 bits per heavy atom. The van der Waals surface area contributed by atoms with Crippen LogP contribution >= 0.6 is 0 Å². The molecular weight excluding hydrogens is 182 g/mol. The van der Waals surface area contributed by atoms with E-state index in [1.807, 2.05) is 0 Å². The van der Waals surface area contributed by atoms with Gasteiger partial charge < -0.3 is 0 Å². The number of benzene rings is 1. The molecule has 0 aromatic heterocycles. The summed E-state index contributed by atoms with van der Waals surface area (Å²) in [7, 11) is 0. The van der Waals surface area contributed by atoms with E-state index in [-0.39, 0.29) is 0 Å². The second-order valence-electron chi connectivity index (χ2n) is 3.89. The largest absolute Gasteiger partial charge is 0.298 e. The maximum Gasteiger partial charge on any atom is 0.0964 e. The third-order valence-corrected chi connectivity index (χ3v) is 3.27. The molecule has 82 valence electrons. The molecule has 1 aromatic rings. The van der Waals surface area contributed by atoms with E-state index < -0.39 is 0 Å². The van der Waals surface area contributed by atoms with Crippen molar-refractivity contribution < 1.29 is 4.48 Å². The summed E-state index contributed by atoms with van der Waals surface area (Å²) in [4.78, 5) is 0. The lowest BCUT2D eigenvalue weighted by Gasteiger charge is -2.31. The molecule has 0 aliphatic rings. The van der Waals surface area contributed by atoms with E-state index in [1.165, 1.54) is 5.56 Å². The van der Waals surface area contributed by atoms with E-state index in [2.05, 4.69) is 63.4 Å². The third kappa shape index (κ3) is 3.21. The molecule has 0 aliphatic heterocycles. The molecule has 0 spiro atoms. The van der Waals surface area contributed by atoms with Crippen LogP contribution in [0.3, 0.4) is 0 Å². The molecule has 0 atom stereocenters. The van der Waals surface area contributed by atoms with Gasteiger partial charge in [-0.2, -0.15) is 0 Å². The van der Waals surface area contributed by atoms with Gasteiger partial charge in [-0.15, -0.1) is 0 Å². The zero-order valence-electron chi connectivity index (χ0n) is 10.1. The average Bonchev–Trinajstić information content (AvgIpc) is 2.33. The fraction of sp³-hybridized carbons (Fsp3) is 0.429. The molecule has 0 aliphatic carbocycles. The minimum Gasteiger partial charge on any atom is -0.298 e. The Bertz CT molecular complexity index is 288. The fourth-order valence-corrected chi connectivity index (χ4v) is 1.80. The van der Waals surface area contributed by atoms with Gasteiger partial charge in [-0.1, -0.05) is 30.3 Å². The Balaban J connectivity index is 2.79. The predicted octanol–water partition coefficient (Wildman–Crippen LogP) is 3.53. The Hall–Kier alpha value is -1.08. The highest BCUT2D eigenvalue weighted by atomic mass is 15.3. The van der Waals surface area contributed by atoms with E-state index >= 15 is 0 Å². The van der Waals surface area contributed by atoms with Crippen LogP contribution in [0, 0.1) is 0 Å². The maximum absolute atomic E-state index is 2.33. The van der Waals surface area contributed by atoms with Crippen molar-refractivity contribution in [3.63, 3.8) is 0 Å². The van der Waals surface area contributed by atoms with Gasteiger partial charge in [-0.25, -0.2) is 0 Å². The number of quaternary nitrogens is 1. The lowest BCUT2D eigenvalue weighted by molar-refractivity contribution is -0.873. The normalized spacial score (nSPS) is 12.2. The summed E-state index contributed by atoms with van der Waals surface area (Å²) in [6, 6.07) is 10.5. The van der Waals surface area contributed by atoms with Gasteiger partial charge in [0.2, 0.25) is 0 Å². The molecule has 1 aromatic carbocycles. The predicted molar refractivity (Wildman–Crippen MR) is 67.4 cm³/mol. The topological polar surface area (TPSA) is 0 Å². The lowest BCUT2D eigenvalue weighted by atomic mass is 10.2. The minimum absolute atomic E-state index is 1.06. The van der Waals surface area contributed by atoms with Crippen molar-refractivity contribution in [2.75, 3.05) is 19.6 Å². The monoisotopic (exact) mass is 204 g/mol. The van der Waals surface area contributed by atoms with Crippen molar-refractivity contribution in [2.45, 2.75) is 20.8 Å². The summed E-state index contributed by atoms with van der Waals surface area (Å²) >= 11 is 0. The van der Waals surface area contributed by atoms with Crippen molar-refractivity contribution in [1.82, 2.24) is 0 Å². The number of hydrogen-bond donors (Lipinski definition) is 0. The summed E-state index contributed by atoms with van der Waals surface area (Å²) in [5.41, 5.74) is 1.29. The van der Waals surface area contributed by atoms with Gasteiger partial charge in [-0.3, -0.25) is 4.48 Å². The molecule has 0 unspecified atom stereocenters. The average molecular weight is 204 g/mol. The van der Waals surface area contributed by atoms with Crippen molar-refractivity contribution in [3.05, 3.63) is 42.1 Å². The van der Waals surface area contributed by atoms with E-state index in [0.717, 1.165) is 24.1 Å². The quantitative estimate of drug-likeness (QED) is 0.644. The van der Waals surface area contributed by atoms with Crippen LogP contribution in [-0.2, 0) is 0 Å². The SMILES string of the molecule is CC[N+](C=Cc1ccccc1)(CC)CC. The molecule has 0 bridgehead atoms. The lowest BCUT2D eigenvalue weighted by Crippen LogP contribution is -2.41. The molecule has 1 nitrogen and oxygen atoms in total. The van der Waals surface area contributed by atoms with Crippen molar-refractivity contribution in [3.8, 4) is 0 Å². The first kappa shape index (κ1) is 12.0. The summed E-state index contributed by atoms with van der Waals surface area (Å²) in [5, 5.41) is 0. The molecule has 1 rings (SSSR count). The Kier molecular flexibility index (Phi) is 4.57. The Morgan fingerprint density at radius 1 is 0.933 bits per heavy atom. The van der Waals surface area contributed by atoms with Crippen LogP contribution in [0.4, 0.5) is 0 Å². The molecule has 0 radical (unpaired) electrons. The molecule has 0 fully saturated rings. The second kappa shape index (κ2) is 5.72. The molecule has 1 heteroatoms. The number of hydrogen-bond acceptors (Lipinski definition) is 0. The highest BCUT2D eigenvalue weighted by Crippen LogP contribution is 2.10. The van der Waals surface area contributed by atoms with E-state index in [9.17, 15) is 0 Å². The first-order valence-electron chi connectivity index (χ1n) is 5.86. The number of rotatable bonds is 5. The van der Waals surface area contributed by atoms with Crippen LogP contribution in [0.5, 0.6) is 0 Å². The van der Waals surface area contributed by atoms with Crippen molar-refractivity contribution >= 4 is 6.08 Å². The van der Waals surface area contributed by atoms with Gasteiger partial charge in [0, 0.05) is 0 Å². The Labute approximate surface area is 93.6 Å². The zero-order chi connectivity index (χ0) is 11.1. The number of nitrogens with zero attached hydrogens (tertiary/aromatic N) is 1. The van der Waals surface area contributed by atoms with Gasteiger partial charge >= 0.3 is 0 Å². The minimum atomic E-state index is 1.06. The molecular formula is C14H22N+. The standard InChI is InChI=1S/C14H22N/c1-4-15(5-2,6-3)13-12-14-10-8-7-9-11-14/h7-13H,4-6H2,1-3H3/q+1. The van der Waals surface area contributed by atoms with Crippen LogP contribution in [0.2, 0.25) is 0 Å². The van der Waals surface area contributed by atoms with Gasteiger partial charge in [-0.05, 0) is 32.4 Å². The molecule has 0 heterocycles. The van der Waals surface area contributed by atoms with Crippen LogP contribution in [-0.4, -0.2) is 24.1 Å². The molecule has 0 amide bonds. The van der Waals surface area contributed by atoms with Gasteiger partial charge in [0.25, 0.3) is 0 Å². The smallest absolute Gasteiger partial charge is 0.0964 e. The molecule has 0 saturated heterocycles. The fourth-order valence-electron chi connectivity index (χ4n) is 1.80. The van der Waals surface area contributed by atoms with Gasteiger partial charge in [0.1, 0.15) is 0 Å². The van der Waals surface area contributed by atoms with Crippen LogP contribution in [0.1, 0.15) is 26.3 Å². The summed E-state index contributed by atoms with van der Waals surface area (Å²) in [6.45, 7) is 10.2. The maximum atomic E-state index is 2.33. The van der Waals surface area contributed by atoms with Crippen LogP contribution in [0.15, 0.2) is 36.5 Å². The van der Waals surface area contributed by atoms with E-state index in [1.54, 1.807) is 0 Å². The third-order valence-electron chi connectivity index (χ3n) is 3.27. The summed E-state index contributed by atoms with van der Waals surface area (Å²) < 4.78 is 1.06. The highest BCUT2D eigenvalue weighted by molar-refractivity contribution is 5.47. The second-order valence-corrected chi connectivity index (χ2v) is 3.89. The van der Waals surface area contributed by atoms with Crippen molar-refractivity contribution in [1.29, 1.82) is 0 Å². The van der Waals surface area contributed by atoms with Crippen molar-refractivity contribution in [2.24, 2.45) is 0 Å². The van der Waals surface area contributed by atoms with Crippen LogP contribution < -0.4 is 0 Å². The highest BCUT2D eigenvalue weighted by Gasteiger charge is 2.16. The first-order chi connectivity index (χ1) is 7.26. The first-order valence-corrected chi connectivity index (χ1v) is 5.86. The zero-order valence-corrected chi connectivity index (χ0v) is 10.1. The Morgan fingerprint density at radius 3 is 1.93 bits per heavy atom. The molecule has 0 saturated carbocycles. The van der Waals surface area contributed by atoms with E-state index in [4.69, 9.17) is 0 Å². The summed E-state index contributed by atoms with van der Waals surface area (Å²) in [6.07, 6.45) is 4.56. The molecule has 15 heavy (non-hydrogen) atoms. The van der Waals surface area contributed by atoms with E-state index in [0.29, 0.717) is 0 Å². The summed E-state index contributed by atoms with van der Waals surface area (Å²) in [5.74, 6) is 0. The molecule has 0 N–H and O–H groups in total. The van der Waals surface area contributed by atoms with Gasteiger partial charge in [0.05, 0.1) is 25.8 Å². The van der Waals surface area contributed by atoms with Crippen LogP contribution in [0.25, 0.3) is 6.08 Å².